The average Bonchev–Trinajstić information content (AvgIpc) is 3.69. The smallest absolute Gasteiger partial charge is 0.0998 e. The third-order valence-electron chi connectivity index (χ3n) is 9.64. The lowest BCUT2D eigenvalue weighted by Crippen LogP contribution is -1.99. The first kappa shape index (κ1) is 28.8. The molecule has 7 aromatic carbocycles. The van der Waals surface area contributed by atoms with E-state index in [0.29, 0.717) is 16.7 Å². The number of hydrogen-bond donors (Lipinski definition) is 0. The van der Waals surface area contributed by atoms with E-state index < -0.39 is 0 Å². The standard InChI is InChI=1S/C45H25N5/c46-26-29-12-22-42-38(24-29)36-7-1-3-9-40(36)49(42)35-20-18-32(19-21-35)31-14-16-33(17-15-31)45-34(28-48)6-5-11-44(45)50-41-10-4-2-8-37(41)39-25-30(27-47)13-23-43(39)50/h1-25H. The van der Waals surface area contributed by atoms with Gasteiger partial charge in [0.05, 0.1) is 62.7 Å². The Bertz CT molecular complexity index is 2940. The Morgan fingerprint density at radius 3 is 1.46 bits per heavy atom. The molecular formula is C45H25N5. The van der Waals surface area contributed by atoms with E-state index in [4.69, 9.17) is 0 Å². The highest BCUT2D eigenvalue weighted by Crippen LogP contribution is 2.39. The van der Waals surface area contributed by atoms with Crippen molar-refractivity contribution in [1.29, 1.82) is 15.8 Å². The molecule has 9 rings (SSSR count). The SMILES string of the molecule is N#Cc1ccc2c(c1)c1ccccc1n2-c1ccc(-c2ccc(-c3c(C#N)cccc3-n3c4ccccc4c4cc(C#N)ccc43)cc2)cc1. The summed E-state index contributed by atoms with van der Waals surface area (Å²) < 4.78 is 4.44. The van der Waals surface area contributed by atoms with Gasteiger partial charge in [-0.2, -0.15) is 15.8 Å². The van der Waals surface area contributed by atoms with Crippen molar-refractivity contribution in [3.05, 3.63) is 168 Å². The summed E-state index contributed by atoms with van der Waals surface area (Å²) in [5.41, 5.74) is 11.9. The monoisotopic (exact) mass is 635 g/mol. The van der Waals surface area contributed by atoms with Gasteiger partial charge in [-0.25, -0.2) is 0 Å². The van der Waals surface area contributed by atoms with Crippen molar-refractivity contribution in [2.75, 3.05) is 0 Å². The van der Waals surface area contributed by atoms with Crippen molar-refractivity contribution < 1.29 is 0 Å². The largest absolute Gasteiger partial charge is 0.309 e. The van der Waals surface area contributed by atoms with Crippen LogP contribution in [0.5, 0.6) is 0 Å². The fraction of sp³-hybridized carbons (Fsp3) is 0. The molecule has 50 heavy (non-hydrogen) atoms. The molecule has 0 aliphatic heterocycles. The van der Waals surface area contributed by atoms with Gasteiger partial charge in [-0.3, -0.25) is 0 Å². The van der Waals surface area contributed by atoms with E-state index in [-0.39, 0.29) is 0 Å². The quantitative estimate of drug-likeness (QED) is 0.193. The summed E-state index contributed by atoms with van der Waals surface area (Å²) in [6.45, 7) is 0. The predicted molar refractivity (Wildman–Crippen MR) is 200 cm³/mol. The number of aromatic nitrogens is 2. The summed E-state index contributed by atoms with van der Waals surface area (Å²) in [4.78, 5) is 0. The van der Waals surface area contributed by atoms with E-state index in [1.54, 1.807) is 0 Å². The van der Waals surface area contributed by atoms with Gasteiger partial charge in [0.2, 0.25) is 0 Å². The Kier molecular flexibility index (Phi) is 6.56. The maximum atomic E-state index is 10.3. The van der Waals surface area contributed by atoms with Crippen molar-refractivity contribution in [1.82, 2.24) is 9.13 Å². The highest BCUT2D eigenvalue weighted by Gasteiger charge is 2.19. The van der Waals surface area contributed by atoms with Gasteiger partial charge in [-0.05, 0) is 89.5 Å². The third-order valence-corrected chi connectivity index (χ3v) is 9.64. The van der Waals surface area contributed by atoms with Gasteiger partial charge >= 0.3 is 0 Å². The second kappa shape index (κ2) is 11.4. The lowest BCUT2D eigenvalue weighted by Gasteiger charge is -2.16. The predicted octanol–water partition coefficient (Wildman–Crippen LogP) is 10.8. The van der Waals surface area contributed by atoms with E-state index in [2.05, 4.69) is 106 Å². The Balaban J connectivity index is 1.13. The minimum atomic E-state index is 0.590. The second-order valence-corrected chi connectivity index (χ2v) is 12.3. The van der Waals surface area contributed by atoms with Crippen LogP contribution in [0.25, 0.3) is 77.2 Å². The zero-order chi connectivity index (χ0) is 33.8. The van der Waals surface area contributed by atoms with Crippen LogP contribution >= 0.6 is 0 Å². The van der Waals surface area contributed by atoms with Crippen LogP contribution in [-0.4, -0.2) is 9.13 Å². The molecule has 0 aliphatic carbocycles. The van der Waals surface area contributed by atoms with Crippen LogP contribution in [0.4, 0.5) is 0 Å². The van der Waals surface area contributed by atoms with Gasteiger partial charge < -0.3 is 9.13 Å². The molecule has 2 aromatic heterocycles. The molecule has 0 unspecified atom stereocenters. The van der Waals surface area contributed by atoms with Crippen LogP contribution in [0.1, 0.15) is 16.7 Å². The number of para-hydroxylation sites is 2. The van der Waals surface area contributed by atoms with Gasteiger partial charge in [0.15, 0.2) is 0 Å². The molecule has 0 aliphatic rings. The Morgan fingerprint density at radius 2 is 0.880 bits per heavy atom. The zero-order valence-electron chi connectivity index (χ0n) is 26.7. The van der Waals surface area contributed by atoms with Crippen LogP contribution in [0.2, 0.25) is 0 Å². The topological polar surface area (TPSA) is 81.2 Å². The molecule has 0 saturated heterocycles. The third kappa shape index (κ3) is 4.38. The van der Waals surface area contributed by atoms with E-state index >= 15 is 0 Å². The zero-order valence-corrected chi connectivity index (χ0v) is 26.7. The fourth-order valence-corrected chi connectivity index (χ4v) is 7.38. The molecule has 0 atom stereocenters. The minimum Gasteiger partial charge on any atom is -0.309 e. The number of nitrogens with zero attached hydrogens (tertiary/aromatic N) is 5. The Morgan fingerprint density at radius 1 is 0.380 bits per heavy atom. The molecular weight excluding hydrogens is 611 g/mol. The lowest BCUT2D eigenvalue weighted by molar-refractivity contribution is 1.18. The number of nitriles is 3. The number of hydrogen-bond acceptors (Lipinski definition) is 3. The Labute approximate surface area is 287 Å². The molecule has 0 amide bonds. The van der Waals surface area contributed by atoms with Crippen LogP contribution in [-0.2, 0) is 0 Å². The lowest BCUT2D eigenvalue weighted by atomic mass is 9.95. The van der Waals surface area contributed by atoms with Crippen LogP contribution in [0, 0.1) is 34.0 Å². The van der Waals surface area contributed by atoms with Gasteiger partial charge in [-0.15, -0.1) is 0 Å². The molecule has 0 saturated carbocycles. The highest BCUT2D eigenvalue weighted by atomic mass is 15.0. The molecule has 5 nitrogen and oxygen atoms in total. The van der Waals surface area contributed by atoms with Crippen molar-refractivity contribution >= 4 is 43.6 Å². The van der Waals surface area contributed by atoms with E-state index in [1.807, 2.05) is 72.8 Å². The maximum Gasteiger partial charge on any atom is 0.0998 e. The summed E-state index contributed by atoms with van der Waals surface area (Å²) in [7, 11) is 0. The van der Waals surface area contributed by atoms with Crippen molar-refractivity contribution in [3.63, 3.8) is 0 Å². The van der Waals surface area contributed by atoms with E-state index in [1.165, 1.54) is 0 Å². The van der Waals surface area contributed by atoms with Gasteiger partial charge in [0, 0.05) is 32.8 Å². The maximum absolute atomic E-state index is 10.3. The van der Waals surface area contributed by atoms with E-state index in [9.17, 15) is 15.8 Å². The number of benzene rings is 7. The molecule has 0 bridgehead atoms. The molecule has 9 aromatic rings. The summed E-state index contributed by atoms with van der Waals surface area (Å²) >= 11 is 0. The van der Waals surface area contributed by atoms with E-state index in [0.717, 1.165) is 77.2 Å². The summed E-state index contributed by atoms with van der Waals surface area (Å²) in [5, 5.41) is 33.6. The van der Waals surface area contributed by atoms with Crippen molar-refractivity contribution in [3.8, 4) is 51.8 Å². The Hall–Kier alpha value is -7.39. The van der Waals surface area contributed by atoms with Gasteiger partial charge in [0.1, 0.15) is 0 Å². The fourth-order valence-electron chi connectivity index (χ4n) is 7.38. The van der Waals surface area contributed by atoms with Crippen LogP contribution < -0.4 is 0 Å². The molecule has 0 N–H and O–H groups in total. The normalized spacial score (nSPS) is 11.1. The molecule has 0 radical (unpaired) electrons. The highest BCUT2D eigenvalue weighted by molar-refractivity contribution is 6.11. The molecule has 0 fully saturated rings. The van der Waals surface area contributed by atoms with Crippen LogP contribution in [0.15, 0.2) is 152 Å². The first-order valence-corrected chi connectivity index (χ1v) is 16.3. The summed E-state index contributed by atoms with van der Waals surface area (Å²) in [5.74, 6) is 0. The van der Waals surface area contributed by atoms with Crippen molar-refractivity contribution in [2.45, 2.75) is 0 Å². The number of rotatable bonds is 4. The second-order valence-electron chi connectivity index (χ2n) is 12.3. The van der Waals surface area contributed by atoms with Crippen LogP contribution in [0.3, 0.4) is 0 Å². The van der Waals surface area contributed by atoms with Crippen molar-refractivity contribution in [2.24, 2.45) is 0 Å². The average molecular weight is 636 g/mol. The summed E-state index contributed by atoms with van der Waals surface area (Å²) in [6.07, 6.45) is 0. The molecule has 230 valence electrons. The first-order chi connectivity index (χ1) is 24.7. The molecule has 5 heteroatoms. The number of fused-ring (bicyclic) bond motifs is 6. The van der Waals surface area contributed by atoms with Gasteiger partial charge in [-0.1, -0.05) is 78.9 Å². The van der Waals surface area contributed by atoms with Gasteiger partial charge in [0.25, 0.3) is 0 Å². The summed E-state index contributed by atoms with van der Waals surface area (Å²) in [6, 6.07) is 57.9. The first-order valence-electron chi connectivity index (χ1n) is 16.3. The minimum absolute atomic E-state index is 0.590. The molecule has 2 heterocycles. The molecule has 0 spiro atoms.